The van der Waals surface area contributed by atoms with E-state index in [1.54, 1.807) is 0 Å². The first kappa shape index (κ1) is 27.9. The van der Waals surface area contributed by atoms with Crippen LogP contribution in [0.15, 0.2) is 18.2 Å². The molecule has 0 aromatic heterocycles. The minimum Gasteiger partial charge on any atom is -0.463 e. The molecule has 0 amide bonds. The summed E-state index contributed by atoms with van der Waals surface area (Å²) in [5.41, 5.74) is -1.57. The molecule has 1 aromatic carbocycles. The molecule has 1 aromatic rings. The summed E-state index contributed by atoms with van der Waals surface area (Å²) in [5, 5.41) is 25.4. The lowest BCUT2D eigenvalue weighted by Crippen LogP contribution is -2.64. The van der Waals surface area contributed by atoms with Gasteiger partial charge in [-0.3, -0.25) is 39.4 Å². The minimum absolute atomic E-state index is 0.278. The van der Waals surface area contributed by atoms with Crippen molar-refractivity contribution in [2.45, 2.75) is 58.3 Å². The number of nitro groups is 2. The van der Waals surface area contributed by atoms with E-state index in [0.29, 0.717) is 6.07 Å². The molecule has 0 saturated carbocycles. The van der Waals surface area contributed by atoms with Crippen molar-refractivity contribution in [1.29, 1.82) is 0 Å². The molecule has 1 aliphatic rings. The summed E-state index contributed by atoms with van der Waals surface area (Å²) >= 11 is 0. The largest absolute Gasteiger partial charge is 0.463 e. The summed E-state index contributed by atoms with van der Waals surface area (Å²) in [5.74, 6) is -3.28. The standard InChI is InChI=1S/C20H23N3O13/c1-9(24)32-8-16-18(33-10(2)25)17(19(34-11(3)26)20(36-16)35-12(4)27)21-14-6-5-13(22(28)29)7-15(14)23(30)31/h5-7,16-21H,8H2,1-4H3/t16-,17+,18-,19-,20+/m1/s1. The third-order valence-electron chi connectivity index (χ3n) is 4.70. The molecule has 1 saturated heterocycles. The van der Waals surface area contributed by atoms with Crippen molar-refractivity contribution >= 4 is 40.9 Å². The van der Waals surface area contributed by atoms with Gasteiger partial charge in [-0.15, -0.1) is 0 Å². The van der Waals surface area contributed by atoms with Crippen molar-refractivity contribution in [3.05, 3.63) is 38.4 Å². The molecule has 0 unspecified atom stereocenters. The van der Waals surface area contributed by atoms with Crippen molar-refractivity contribution in [2.75, 3.05) is 11.9 Å². The molecule has 2 rings (SSSR count). The summed E-state index contributed by atoms with van der Waals surface area (Å²) in [6, 6.07) is 1.33. The molecular formula is C20H23N3O13. The normalized spacial score (nSPS) is 23.1. The van der Waals surface area contributed by atoms with Gasteiger partial charge in [0.05, 0.1) is 15.9 Å². The van der Waals surface area contributed by atoms with Crippen LogP contribution in [-0.4, -0.2) is 71.0 Å². The molecule has 16 nitrogen and oxygen atoms in total. The predicted octanol–water partition coefficient (Wildman–Crippen LogP) is 0.998. The lowest BCUT2D eigenvalue weighted by Gasteiger charge is -2.44. The summed E-state index contributed by atoms with van der Waals surface area (Å²) in [6.07, 6.45) is -5.84. The predicted molar refractivity (Wildman–Crippen MR) is 115 cm³/mol. The first-order valence-electron chi connectivity index (χ1n) is 10.3. The number of ether oxygens (including phenoxy) is 5. The van der Waals surface area contributed by atoms with Crippen molar-refractivity contribution < 1.29 is 52.7 Å². The Kier molecular flexibility index (Phi) is 9.20. The zero-order valence-electron chi connectivity index (χ0n) is 19.5. The molecule has 1 heterocycles. The molecular weight excluding hydrogens is 490 g/mol. The van der Waals surface area contributed by atoms with Crippen LogP contribution in [0.4, 0.5) is 17.1 Å². The number of anilines is 1. The average Bonchev–Trinajstić information content (AvgIpc) is 2.75. The van der Waals surface area contributed by atoms with Gasteiger partial charge in [0.15, 0.2) is 12.2 Å². The van der Waals surface area contributed by atoms with Crippen LogP contribution in [0, 0.1) is 20.2 Å². The number of hydrogen-bond acceptors (Lipinski definition) is 14. The molecule has 0 radical (unpaired) electrons. The van der Waals surface area contributed by atoms with Gasteiger partial charge in [-0.05, 0) is 6.07 Å². The summed E-state index contributed by atoms with van der Waals surface area (Å²) < 4.78 is 26.3. The third-order valence-corrected chi connectivity index (χ3v) is 4.70. The fraction of sp³-hybridized carbons (Fsp3) is 0.500. The smallest absolute Gasteiger partial charge is 0.305 e. The highest BCUT2D eigenvalue weighted by molar-refractivity contribution is 5.70. The maximum Gasteiger partial charge on any atom is 0.305 e. The Balaban J connectivity index is 2.63. The van der Waals surface area contributed by atoms with E-state index < -0.39 is 82.3 Å². The molecule has 196 valence electrons. The molecule has 36 heavy (non-hydrogen) atoms. The van der Waals surface area contributed by atoms with Crippen LogP contribution in [0.1, 0.15) is 27.7 Å². The van der Waals surface area contributed by atoms with E-state index in [-0.39, 0.29) is 5.69 Å². The van der Waals surface area contributed by atoms with Crippen molar-refractivity contribution in [3.8, 4) is 0 Å². The number of nitrogens with one attached hydrogen (secondary N) is 1. The number of carbonyl (C=O) groups excluding carboxylic acids is 4. The van der Waals surface area contributed by atoms with Crippen LogP contribution in [0.3, 0.4) is 0 Å². The van der Waals surface area contributed by atoms with E-state index >= 15 is 0 Å². The molecule has 1 aliphatic heterocycles. The highest BCUT2D eigenvalue weighted by Gasteiger charge is 2.52. The second-order valence-electron chi connectivity index (χ2n) is 7.49. The SMILES string of the molecule is CC(=O)OC[C@H]1O[C@H](OC(C)=O)[C@H](OC(C)=O)[C@@H](Nc2ccc([N+](=O)[O-])cc2[N+](=O)[O-])[C@@H]1OC(C)=O. The van der Waals surface area contributed by atoms with Crippen molar-refractivity contribution in [2.24, 2.45) is 0 Å². The van der Waals surface area contributed by atoms with Gasteiger partial charge in [0.2, 0.25) is 6.29 Å². The van der Waals surface area contributed by atoms with Crippen LogP contribution in [0.2, 0.25) is 0 Å². The number of non-ortho nitro benzene ring substituents is 1. The first-order valence-corrected chi connectivity index (χ1v) is 10.3. The summed E-state index contributed by atoms with van der Waals surface area (Å²) in [7, 11) is 0. The van der Waals surface area contributed by atoms with E-state index in [9.17, 15) is 39.4 Å². The molecule has 16 heteroatoms. The number of rotatable bonds is 9. The number of esters is 4. The van der Waals surface area contributed by atoms with Gasteiger partial charge in [0.25, 0.3) is 11.4 Å². The monoisotopic (exact) mass is 513 g/mol. The fourth-order valence-corrected chi connectivity index (χ4v) is 3.42. The molecule has 1 fully saturated rings. The highest BCUT2D eigenvalue weighted by Crippen LogP contribution is 2.34. The minimum atomic E-state index is -1.62. The Morgan fingerprint density at radius 3 is 1.97 bits per heavy atom. The molecule has 1 N–H and O–H groups in total. The average molecular weight is 513 g/mol. The lowest BCUT2D eigenvalue weighted by atomic mass is 9.95. The van der Waals surface area contributed by atoms with Crippen LogP contribution < -0.4 is 5.32 Å². The van der Waals surface area contributed by atoms with Gasteiger partial charge < -0.3 is 29.0 Å². The summed E-state index contributed by atoms with van der Waals surface area (Å²) in [4.78, 5) is 67.8. The summed E-state index contributed by atoms with van der Waals surface area (Å²) in [6.45, 7) is 3.72. The lowest BCUT2D eigenvalue weighted by molar-refractivity contribution is -0.393. The van der Waals surface area contributed by atoms with Crippen molar-refractivity contribution in [3.63, 3.8) is 0 Å². The number of nitro benzene ring substituents is 2. The maximum absolute atomic E-state index is 11.9. The van der Waals surface area contributed by atoms with Gasteiger partial charge >= 0.3 is 23.9 Å². The topological polar surface area (TPSA) is 213 Å². The molecule has 0 bridgehead atoms. The Morgan fingerprint density at radius 1 is 0.889 bits per heavy atom. The number of benzene rings is 1. The molecule has 0 aliphatic carbocycles. The van der Waals surface area contributed by atoms with E-state index in [4.69, 9.17) is 23.7 Å². The Labute approximate surface area is 203 Å². The Hall–Kier alpha value is -4.34. The number of carbonyl (C=O) groups is 4. The number of hydrogen-bond donors (Lipinski definition) is 1. The van der Waals surface area contributed by atoms with Crippen LogP contribution in [0.5, 0.6) is 0 Å². The maximum atomic E-state index is 11.9. The fourth-order valence-electron chi connectivity index (χ4n) is 3.42. The van der Waals surface area contributed by atoms with Gasteiger partial charge in [0, 0.05) is 33.8 Å². The van der Waals surface area contributed by atoms with Crippen molar-refractivity contribution in [1.82, 2.24) is 0 Å². The van der Waals surface area contributed by atoms with Crippen LogP contribution in [0.25, 0.3) is 0 Å². The first-order chi connectivity index (χ1) is 16.8. The van der Waals surface area contributed by atoms with E-state index in [2.05, 4.69) is 5.32 Å². The second-order valence-corrected chi connectivity index (χ2v) is 7.49. The van der Waals surface area contributed by atoms with Crippen LogP contribution >= 0.6 is 0 Å². The Bertz CT molecular complexity index is 1060. The van der Waals surface area contributed by atoms with E-state index in [0.717, 1.165) is 39.8 Å². The van der Waals surface area contributed by atoms with Gasteiger partial charge in [-0.25, -0.2) is 0 Å². The van der Waals surface area contributed by atoms with Gasteiger partial charge in [-0.1, -0.05) is 0 Å². The van der Waals surface area contributed by atoms with E-state index in [1.807, 2.05) is 0 Å². The third kappa shape index (κ3) is 7.33. The zero-order valence-corrected chi connectivity index (χ0v) is 19.5. The quantitative estimate of drug-likeness (QED) is 0.211. The second kappa shape index (κ2) is 11.9. The molecule has 0 spiro atoms. The zero-order chi connectivity index (χ0) is 27.2. The van der Waals surface area contributed by atoms with Gasteiger partial charge in [-0.2, -0.15) is 0 Å². The van der Waals surface area contributed by atoms with Gasteiger partial charge in [0.1, 0.15) is 24.4 Å². The highest BCUT2D eigenvalue weighted by atomic mass is 16.7. The molecule has 5 atom stereocenters. The van der Waals surface area contributed by atoms with E-state index in [1.165, 1.54) is 0 Å². The number of nitrogens with zero attached hydrogens (tertiary/aromatic N) is 2. The Morgan fingerprint density at radius 2 is 1.47 bits per heavy atom. The van der Waals surface area contributed by atoms with Crippen LogP contribution in [-0.2, 0) is 42.9 Å².